The molecule has 20 heavy (non-hydrogen) atoms. The molecule has 100 valence electrons. The van der Waals surface area contributed by atoms with Crippen LogP contribution in [0.4, 0.5) is 4.39 Å². The van der Waals surface area contributed by atoms with Crippen molar-refractivity contribution in [3.63, 3.8) is 0 Å². The highest BCUT2D eigenvalue weighted by atomic mass is 35.5. The molecular formula is C14H8ClFN2OS. The molecule has 3 rings (SSSR count). The van der Waals surface area contributed by atoms with Crippen LogP contribution in [0.25, 0.3) is 11.0 Å². The Hall–Kier alpha value is -1.98. The highest BCUT2D eigenvalue weighted by molar-refractivity contribution is 7.15. The van der Waals surface area contributed by atoms with E-state index < -0.39 is 0 Å². The van der Waals surface area contributed by atoms with Gasteiger partial charge in [-0.15, -0.1) is 11.3 Å². The van der Waals surface area contributed by atoms with Crippen LogP contribution in [-0.2, 0) is 0 Å². The molecule has 0 fully saturated rings. The second-order valence-corrected chi connectivity index (χ2v) is 5.28. The average Bonchev–Trinajstić information content (AvgIpc) is 2.98. The smallest absolute Gasteiger partial charge is 0.195 e. The Morgan fingerprint density at radius 2 is 2.10 bits per heavy atom. The summed E-state index contributed by atoms with van der Waals surface area (Å²) in [6, 6.07) is 5.40. The first-order valence-electron chi connectivity index (χ1n) is 5.74. The van der Waals surface area contributed by atoms with Crippen molar-refractivity contribution in [2.45, 2.75) is 0 Å². The van der Waals surface area contributed by atoms with E-state index in [2.05, 4.69) is 4.98 Å². The number of nitrogens with zero attached hydrogens (tertiary/aromatic N) is 2. The summed E-state index contributed by atoms with van der Waals surface area (Å²) in [5, 5.41) is 2.23. The maximum Gasteiger partial charge on any atom is 0.195 e. The van der Waals surface area contributed by atoms with Crippen LogP contribution >= 0.6 is 22.9 Å². The van der Waals surface area contributed by atoms with E-state index in [9.17, 15) is 9.18 Å². The van der Waals surface area contributed by atoms with Gasteiger partial charge in [0.1, 0.15) is 5.82 Å². The van der Waals surface area contributed by atoms with Crippen molar-refractivity contribution in [2.75, 3.05) is 0 Å². The Morgan fingerprint density at radius 3 is 2.85 bits per heavy atom. The van der Waals surface area contributed by atoms with Crippen LogP contribution in [0.15, 0.2) is 41.9 Å². The number of allylic oxidation sites excluding steroid dienone is 1. The van der Waals surface area contributed by atoms with E-state index in [4.69, 9.17) is 11.6 Å². The van der Waals surface area contributed by atoms with Crippen LogP contribution in [0.3, 0.4) is 0 Å². The standard InChI is InChI=1S/C14H8ClFN2OS/c15-13-11(18-7-8-20-14(18)17-13)5-6-12(19)9-1-3-10(16)4-2-9/h1-8H/b6-5+. The predicted molar refractivity (Wildman–Crippen MR) is 77.8 cm³/mol. The maximum absolute atomic E-state index is 12.8. The molecule has 0 spiro atoms. The molecule has 0 amide bonds. The van der Waals surface area contributed by atoms with Crippen molar-refractivity contribution < 1.29 is 9.18 Å². The normalized spacial score (nSPS) is 11.5. The number of halogens is 2. The minimum Gasteiger partial charge on any atom is -0.289 e. The van der Waals surface area contributed by atoms with E-state index in [0.717, 1.165) is 4.96 Å². The summed E-state index contributed by atoms with van der Waals surface area (Å²) < 4.78 is 14.6. The van der Waals surface area contributed by atoms with Crippen LogP contribution in [0.5, 0.6) is 0 Å². The van der Waals surface area contributed by atoms with Crippen LogP contribution in [-0.4, -0.2) is 15.2 Å². The molecule has 6 heteroatoms. The van der Waals surface area contributed by atoms with E-state index >= 15 is 0 Å². The molecule has 2 aromatic heterocycles. The Kier molecular flexibility index (Phi) is 3.38. The van der Waals surface area contributed by atoms with Crippen molar-refractivity contribution >= 4 is 39.8 Å². The number of ketones is 1. The lowest BCUT2D eigenvalue weighted by Gasteiger charge is -1.95. The summed E-state index contributed by atoms with van der Waals surface area (Å²) in [7, 11) is 0. The Balaban J connectivity index is 1.90. The lowest BCUT2D eigenvalue weighted by atomic mass is 10.1. The maximum atomic E-state index is 12.8. The number of benzene rings is 1. The fourth-order valence-corrected chi connectivity index (χ4v) is 2.80. The molecule has 0 bridgehead atoms. The van der Waals surface area contributed by atoms with Crippen LogP contribution in [0.2, 0.25) is 5.15 Å². The van der Waals surface area contributed by atoms with Gasteiger partial charge in [0.2, 0.25) is 0 Å². The number of carbonyl (C=O) groups is 1. The predicted octanol–water partition coefficient (Wildman–Crippen LogP) is 4.08. The summed E-state index contributed by atoms with van der Waals surface area (Å²) in [5.41, 5.74) is 1.07. The number of hydrogen-bond donors (Lipinski definition) is 0. The Morgan fingerprint density at radius 1 is 1.35 bits per heavy atom. The quantitative estimate of drug-likeness (QED) is 0.539. The minimum absolute atomic E-state index is 0.216. The third-order valence-corrected chi connectivity index (χ3v) is 3.81. The molecule has 0 saturated heterocycles. The van der Waals surface area contributed by atoms with E-state index in [1.807, 2.05) is 11.6 Å². The van der Waals surface area contributed by atoms with Gasteiger partial charge in [0.05, 0.1) is 5.69 Å². The first-order valence-corrected chi connectivity index (χ1v) is 7.00. The Bertz CT molecular complexity index is 804. The van der Waals surface area contributed by atoms with Crippen LogP contribution in [0.1, 0.15) is 16.1 Å². The van der Waals surface area contributed by atoms with Crippen molar-refractivity contribution in [1.29, 1.82) is 0 Å². The Labute approximate surface area is 123 Å². The molecule has 3 aromatic rings. The molecule has 0 saturated carbocycles. The van der Waals surface area contributed by atoms with Gasteiger partial charge in [-0.3, -0.25) is 9.20 Å². The van der Waals surface area contributed by atoms with Gasteiger partial charge in [-0.2, -0.15) is 0 Å². The molecule has 3 nitrogen and oxygen atoms in total. The van der Waals surface area contributed by atoms with Gasteiger partial charge in [-0.05, 0) is 36.4 Å². The van der Waals surface area contributed by atoms with E-state index in [1.54, 1.807) is 10.5 Å². The second-order valence-electron chi connectivity index (χ2n) is 4.05. The fraction of sp³-hybridized carbons (Fsp3) is 0. The molecule has 0 radical (unpaired) electrons. The van der Waals surface area contributed by atoms with Crippen LogP contribution in [0, 0.1) is 5.82 Å². The van der Waals surface area contributed by atoms with E-state index in [1.165, 1.54) is 41.7 Å². The number of aromatic nitrogens is 2. The van der Waals surface area contributed by atoms with Crippen molar-refractivity contribution in [3.8, 4) is 0 Å². The third-order valence-electron chi connectivity index (χ3n) is 2.78. The molecule has 0 N–H and O–H groups in total. The number of fused-ring (bicyclic) bond motifs is 1. The highest BCUT2D eigenvalue weighted by Crippen LogP contribution is 2.22. The first-order chi connectivity index (χ1) is 9.65. The van der Waals surface area contributed by atoms with Gasteiger partial charge < -0.3 is 0 Å². The topological polar surface area (TPSA) is 34.4 Å². The van der Waals surface area contributed by atoms with Crippen LogP contribution < -0.4 is 0 Å². The minimum atomic E-state index is -0.371. The van der Waals surface area contributed by atoms with Gasteiger partial charge in [0.15, 0.2) is 15.9 Å². The zero-order chi connectivity index (χ0) is 14.1. The number of imidazole rings is 1. The fourth-order valence-electron chi connectivity index (χ4n) is 1.79. The molecule has 0 atom stereocenters. The molecular weight excluding hydrogens is 299 g/mol. The lowest BCUT2D eigenvalue weighted by Crippen LogP contribution is -1.94. The molecule has 2 heterocycles. The van der Waals surface area contributed by atoms with Crippen molar-refractivity contribution in [3.05, 3.63) is 64.1 Å². The first kappa shape index (κ1) is 13.0. The molecule has 0 unspecified atom stereocenters. The number of rotatable bonds is 3. The monoisotopic (exact) mass is 306 g/mol. The average molecular weight is 307 g/mol. The van der Waals surface area contributed by atoms with Gasteiger partial charge in [-0.25, -0.2) is 9.37 Å². The highest BCUT2D eigenvalue weighted by Gasteiger charge is 2.09. The van der Waals surface area contributed by atoms with E-state index in [0.29, 0.717) is 16.4 Å². The summed E-state index contributed by atoms with van der Waals surface area (Å²) in [6.45, 7) is 0. The number of hydrogen-bond acceptors (Lipinski definition) is 3. The zero-order valence-electron chi connectivity index (χ0n) is 10.1. The molecule has 1 aromatic carbocycles. The largest absolute Gasteiger partial charge is 0.289 e. The summed E-state index contributed by atoms with van der Waals surface area (Å²) >= 11 is 7.48. The SMILES string of the molecule is O=C(/C=C/c1c(Cl)nc2sccn12)c1ccc(F)cc1. The van der Waals surface area contributed by atoms with Gasteiger partial charge in [0.25, 0.3) is 0 Å². The van der Waals surface area contributed by atoms with Gasteiger partial charge in [0, 0.05) is 17.1 Å². The van der Waals surface area contributed by atoms with E-state index in [-0.39, 0.29) is 11.6 Å². The summed E-state index contributed by atoms with van der Waals surface area (Å²) in [4.78, 5) is 16.9. The van der Waals surface area contributed by atoms with Gasteiger partial charge >= 0.3 is 0 Å². The second kappa shape index (κ2) is 5.19. The number of carbonyl (C=O) groups excluding carboxylic acids is 1. The molecule has 0 aliphatic carbocycles. The molecule has 0 aliphatic rings. The summed E-state index contributed by atoms with van der Waals surface area (Å²) in [6.07, 6.45) is 4.85. The van der Waals surface area contributed by atoms with Gasteiger partial charge in [-0.1, -0.05) is 11.6 Å². The van der Waals surface area contributed by atoms with Crippen molar-refractivity contribution in [2.24, 2.45) is 0 Å². The molecule has 0 aliphatic heterocycles. The zero-order valence-corrected chi connectivity index (χ0v) is 11.7. The summed E-state index contributed by atoms with van der Waals surface area (Å²) in [5.74, 6) is -0.587. The van der Waals surface area contributed by atoms with Crippen molar-refractivity contribution in [1.82, 2.24) is 9.38 Å². The number of thiazole rings is 1. The third kappa shape index (κ3) is 2.37. The lowest BCUT2D eigenvalue weighted by molar-refractivity contribution is 0.104.